The molecular formula is C20H17FO6. The number of carbonyl (C=O) groups excluding carboxylic acids is 2. The minimum atomic E-state index is -1.69. The van der Waals surface area contributed by atoms with Crippen LogP contribution in [0.25, 0.3) is 0 Å². The zero-order chi connectivity index (χ0) is 19.2. The third kappa shape index (κ3) is 2.66. The highest BCUT2D eigenvalue weighted by atomic mass is 19.1. The van der Waals surface area contributed by atoms with Gasteiger partial charge in [-0.2, -0.15) is 0 Å². The van der Waals surface area contributed by atoms with E-state index in [1.165, 1.54) is 38.3 Å². The lowest BCUT2D eigenvalue weighted by atomic mass is 9.89. The molecule has 0 radical (unpaired) electrons. The van der Waals surface area contributed by atoms with E-state index in [2.05, 4.69) is 0 Å². The molecule has 0 unspecified atom stereocenters. The number of esters is 1. The van der Waals surface area contributed by atoms with Gasteiger partial charge in [0.05, 0.1) is 5.56 Å². The van der Waals surface area contributed by atoms with E-state index in [-0.39, 0.29) is 18.2 Å². The van der Waals surface area contributed by atoms with Gasteiger partial charge in [-0.05, 0) is 24.6 Å². The van der Waals surface area contributed by atoms with Crippen LogP contribution in [-0.2, 0) is 36.3 Å². The zero-order valence-electron chi connectivity index (χ0n) is 14.7. The molecular weight excluding hydrogens is 355 g/mol. The van der Waals surface area contributed by atoms with Gasteiger partial charge in [0.15, 0.2) is 11.9 Å². The molecule has 4 rings (SSSR count). The Bertz CT molecular complexity index is 911. The standard InChI is InChI=1S/C20H17FO6/c1-19(18(23)25-11-12-7-9-13(21)10-8-12)17-16(22)14-5-3-4-6-15(14)20(24-2,26-17)27-19/h3-10,17H,11H2,1-2H3/t17-,19-,20+/m1/s1. The highest BCUT2D eigenvalue weighted by molar-refractivity contribution is 6.06. The van der Waals surface area contributed by atoms with Crippen molar-refractivity contribution in [2.45, 2.75) is 31.2 Å². The molecule has 1 fully saturated rings. The first-order valence-electron chi connectivity index (χ1n) is 8.38. The number of benzene rings is 2. The first kappa shape index (κ1) is 17.8. The molecule has 2 aliphatic rings. The molecule has 7 heteroatoms. The second-order valence-electron chi connectivity index (χ2n) is 6.58. The minimum absolute atomic E-state index is 0.0914. The molecule has 0 aliphatic carbocycles. The Morgan fingerprint density at radius 3 is 2.59 bits per heavy atom. The fourth-order valence-electron chi connectivity index (χ4n) is 3.37. The number of methoxy groups -OCH3 is 1. The first-order chi connectivity index (χ1) is 12.9. The number of ether oxygens (including phenoxy) is 4. The number of hydrogen-bond acceptors (Lipinski definition) is 6. The lowest BCUT2D eigenvalue weighted by Gasteiger charge is -2.30. The molecule has 2 aromatic rings. The zero-order valence-corrected chi connectivity index (χ0v) is 14.7. The topological polar surface area (TPSA) is 71.1 Å². The van der Waals surface area contributed by atoms with Gasteiger partial charge >= 0.3 is 11.9 Å². The van der Waals surface area contributed by atoms with Gasteiger partial charge in [-0.3, -0.25) is 4.79 Å². The Morgan fingerprint density at radius 1 is 1.19 bits per heavy atom. The number of fused-ring (bicyclic) bond motifs is 4. The van der Waals surface area contributed by atoms with E-state index in [0.717, 1.165) is 0 Å². The molecule has 2 heterocycles. The van der Waals surface area contributed by atoms with Gasteiger partial charge in [-0.1, -0.05) is 36.4 Å². The average molecular weight is 372 g/mol. The van der Waals surface area contributed by atoms with Crippen LogP contribution in [-0.4, -0.2) is 30.6 Å². The summed E-state index contributed by atoms with van der Waals surface area (Å²) in [6.07, 6.45) is -1.20. The largest absolute Gasteiger partial charge is 0.459 e. The van der Waals surface area contributed by atoms with Crippen LogP contribution in [0.4, 0.5) is 4.39 Å². The highest BCUT2D eigenvalue weighted by Crippen LogP contribution is 2.50. The molecule has 2 aromatic carbocycles. The molecule has 140 valence electrons. The average Bonchev–Trinajstić information content (AvgIpc) is 2.98. The van der Waals surface area contributed by atoms with Crippen molar-refractivity contribution in [3.8, 4) is 0 Å². The number of Topliss-reactive ketones (excluding diaryl/α,β-unsaturated/α-hetero) is 1. The van der Waals surface area contributed by atoms with Crippen molar-refractivity contribution in [1.29, 1.82) is 0 Å². The molecule has 0 spiro atoms. The van der Waals surface area contributed by atoms with Crippen molar-refractivity contribution in [3.05, 3.63) is 71.0 Å². The molecule has 6 nitrogen and oxygen atoms in total. The van der Waals surface area contributed by atoms with Crippen molar-refractivity contribution in [2.75, 3.05) is 7.11 Å². The second kappa shape index (κ2) is 6.23. The summed E-state index contributed by atoms with van der Waals surface area (Å²) in [5.74, 6) is -3.18. The van der Waals surface area contributed by atoms with Gasteiger partial charge in [0, 0.05) is 12.7 Å². The predicted molar refractivity (Wildman–Crippen MR) is 90.0 cm³/mol. The van der Waals surface area contributed by atoms with E-state index in [1.807, 2.05) is 0 Å². The van der Waals surface area contributed by atoms with Gasteiger partial charge < -0.3 is 18.9 Å². The molecule has 1 saturated heterocycles. The minimum Gasteiger partial charge on any atom is -0.459 e. The maximum atomic E-state index is 13.0. The van der Waals surface area contributed by atoms with Gasteiger partial charge in [-0.25, -0.2) is 9.18 Å². The van der Waals surface area contributed by atoms with Gasteiger partial charge in [0.1, 0.15) is 12.4 Å². The highest BCUT2D eigenvalue weighted by Gasteiger charge is 2.67. The van der Waals surface area contributed by atoms with Crippen molar-refractivity contribution in [1.82, 2.24) is 0 Å². The van der Waals surface area contributed by atoms with Gasteiger partial charge in [0.25, 0.3) is 0 Å². The summed E-state index contributed by atoms with van der Waals surface area (Å²) in [7, 11) is 1.37. The fraction of sp³-hybridized carbons (Fsp3) is 0.300. The normalized spacial score (nSPS) is 28.7. The maximum absolute atomic E-state index is 13.0. The lowest BCUT2D eigenvalue weighted by molar-refractivity contribution is -0.348. The van der Waals surface area contributed by atoms with E-state index >= 15 is 0 Å². The summed E-state index contributed by atoms with van der Waals surface area (Å²) in [4.78, 5) is 25.7. The van der Waals surface area contributed by atoms with Crippen LogP contribution in [0.5, 0.6) is 0 Å². The predicted octanol–water partition coefficient (Wildman–Crippen LogP) is 2.70. The van der Waals surface area contributed by atoms with Gasteiger partial charge in [-0.15, -0.1) is 0 Å². The van der Waals surface area contributed by atoms with E-state index in [4.69, 9.17) is 18.9 Å². The SMILES string of the molecule is CO[C@]12O[C@H](C(=O)c3ccccc31)[C@](C)(C(=O)OCc1ccc(F)cc1)O2. The lowest BCUT2D eigenvalue weighted by Crippen LogP contribution is -2.49. The quantitative estimate of drug-likeness (QED) is 0.769. The molecule has 3 atom stereocenters. The Kier molecular flexibility index (Phi) is 4.10. The Morgan fingerprint density at radius 2 is 1.89 bits per heavy atom. The van der Waals surface area contributed by atoms with Crippen LogP contribution in [0.15, 0.2) is 48.5 Å². The molecule has 0 saturated carbocycles. The summed E-state index contributed by atoms with van der Waals surface area (Å²) in [6.45, 7) is 1.35. The first-order valence-corrected chi connectivity index (χ1v) is 8.38. The molecule has 0 amide bonds. The Hall–Kier alpha value is -2.61. The van der Waals surface area contributed by atoms with E-state index in [1.54, 1.807) is 24.3 Å². The van der Waals surface area contributed by atoms with Crippen LogP contribution >= 0.6 is 0 Å². The number of halogens is 1. The summed E-state index contributed by atoms with van der Waals surface area (Å²) in [6, 6.07) is 12.3. The van der Waals surface area contributed by atoms with E-state index in [0.29, 0.717) is 16.7 Å². The van der Waals surface area contributed by atoms with Crippen LogP contribution in [0, 0.1) is 5.82 Å². The van der Waals surface area contributed by atoms with Crippen molar-refractivity contribution >= 4 is 11.8 Å². The Balaban J connectivity index is 1.61. The van der Waals surface area contributed by atoms with Crippen molar-refractivity contribution in [2.24, 2.45) is 0 Å². The molecule has 27 heavy (non-hydrogen) atoms. The van der Waals surface area contributed by atoms with E-state index in [9.17, 15) is 14.0 Å². The number of hydrogen-bond donors (Lipinski definition) is 0. The smallest absolute Gasteiger partial charge is 0.341 e. The maximum Gasteiger partial charge on any atom is 0.341 e. The third-order valence-electron chi connectivity index (χ3n) is 4.84. The number of carbonyl (C=O) groups is 2. The number of ketones is 1. The van der Waals surface area contributed by atoms with Crippen LogP contribution in [0.1, 0.15) is 28.4 Å². The van der Waals surface area contributed by atoms with Crippen LogP contribution in [0.2, 0.25) is 0 Å². The number of rotatable bonds is 4. The molecule has 0 N–H and O–H groups in total. The van der Waals surface area contributed by atoms with Crippen LogP contribution < -0.4 is 0 Å². The second-order valence-corrected chi connectivity index (χ2v) is 6.58. The summed E-state index contributed by atoms with van der Waals surface area (Å²) < 4.78 is 35.4. The summed E-state index contributed by atoms with van der Waals surface area (Å²) >= 11 is 0. The molecule has 0 aromatic heterocycles. The monoisotopic (exact) mass is 372 g/mol. The van der Waals surface area contributed by atoms with Gasteiger partial charge in [0.2, 0.25) is 5.60 Å². The molecule has 2 bridgehead atoms. The van der Waals surface area contributed by atoms with E-state index < -0.39 is 23.6 Å². The molecule has 2 aliphatic heterocycles. The van der Waals surface area contributed by atoms with Crippen molar-refractivity contribution < 1.29 is 32.9 Å². The fourth-order valence-corrected chi connectivity index (χ4v) is 3.37. The third-order valence-corrected chi connectivity index (χ3v) is 4.84. The van der Waals surface area contributed by atoms with Crippen molar-refractivity contribution in [3.63, 3.8) is 0 Å². The summed E-state index contributed by atoms with van der Waals surface area (Å²) in [5.41, 5.74) is -0.299. The van der Waals surface area contributed by atoms with Crippen LogP contribution in [0.3, 0.4) is 0 Å². The Labute approximate surface area is 154 Å². The summed E-state index contributed by atoms with van der Waals surface area (Å²) in [5, 5.41) is 0.